The molecule has 1 N–H and O–H groups in total. The van der Waals surface area contributed by atoms with Crippen molar-refractivity contribution in [2.24, 2.45) is 0 Å². The van der Waals surface area contributed by atoms with Crippen LogP contribution in [0.25, 0.3) is 10.9 Å². The van der Waals surface area contributed by atoms with Crippen LogP contribution in [0.2, 0.25) is 0 Å². The fourth-order valence-electron chi connectivity index (χ4n) is 1.78. The van der Waals surface area contributed by atoms with Crippen molar-refractivity contribution in [1.29, 1.82) is 0 Å². The fourth-order valence-corrected chi connectivity index (χ4v) is 1.78. The van der Waals surface area contributed by atoms with Gasteiger partial charge in [-0.25, -0.2) is 4.98 Å². The minimum absolute atomic E-state index is 0.540. The Morgan fingerprint density at radius 3 is 3.00 bits per heavy atom. The zero-order chi connectivity index (χ0) is 11.5. The number of rotatable bonds is 3. The molecule has 84 valence electrons. The van der Waals surface area contributed by atoms with Gasteiger partial charge in [-0.2, -0.15) is 0 Å². The Bertz CT molecular complexity index is 616. The highest BCUT2D eigenvalue weighted by atomic mass is 16.5. The van der Waals surface area contributed by atoms with Crippen molar-refractivity contribution in [3.05, 3.63) is 60.4 Å². The number of hydrogen-bond donors (Lipinski definition) is 1. The van der Waals surface area contributed by atoms with Crippen LogP contribution in [0.4, 0.5) is 0 Å². The van der Waals surface area contributed by atoms with Crippen molar-refractivity contribution in [2.75, 3.05) is 0 Å². The van der Waals surface area contributed by atoms with E-state index in [9.17, 15) is 0 Å². The molecule has 0 aliphatic carbocycles. The van der Waals surface area contributed by atoms with Crippen LogP contribution in [0.5, 0.6) is 5.88 Å². The van der Waals surface area contributed by atoms with Gasteiger partial charge < -0.3 is 9.72 Å². The number of nitrogens with zero attached hydrogens (tertiary/aromatic N) is 1. The van der Waals surface area contributed by atoms with Crippen LogP contribution in [0.15, 0.2) is 54.9 Å². The lowest BCUT2D eigenvalue weighted by Gasteiger charge is -2.04. The maximum Gasteiger partial charge on any atom is 0.213 e. The molecule has 0 saturated carbocycles. The van der Waals surface area contributed by atoms with Crippen molar-refractivity contribution >= 4 is 10.9 Å². The number of H-pyrrole nitrogens is 1. The largest absolute Gasteiger partial charge is 0.473 e. The maximum absolute atomic E-state index is 5.60. The van der Waals surface area contributed by atoms with Gasteiger partial charge in [-0.15, -0.1) is 0 Å². The van der Waals surface area contributed by atoms with E-state index in [1.165, 1.54) is 5.39 Å². The predicted octanol–water partition coefficient (Wildman–Crippen LogP) is 3.14. The molecule has 3 heteroatoms. The third-order valence-corrected chi connectivity index (χ3v) is 2.64. The van der Waals surface area contributed by atoms with Crippen LogP contribution >= 0.6 is 0 Å². The van der Waals surface area contributed by atoms with Crippen LogP contribution in [-0.2, 0) is 6.61 Å². The summed E-state index contributed by atoms with van der Waals surface area (Å²) in [5.41, 5.74) is 2.29. The van der Waals surface area contributed by atoms with Gasteiger partial charge in [0.1, 0.15) is 6.61 Å². The zero-order valence-corrected chi connectivity index (χ0v) is 9.26. The van der Waals surface area contributed by atoms with Gasteiger partial charge in [0.25, 0.3) is 0 Å². The number of fused-ring (bicyclic) bond motifs is 1. The summed E-state index contributed by atoms with van der Waals surface area (Å²) in [4.78, 5) is 7.29. The summed E-state index contributed by atoms with van der Waals surface area (Å²) in [6.07, 6.45) is 3.67. The molecule has 0 spiro atoms. The number of hydrogen-bond acceptors (Lipinski definition) is 2. The number of aromatic amines is 1. The molecule has 0 saturated heterocycles. The van der Waals surface area contributed by atoms with Crippen LogP contribution in [-0.4, -0.2) is 9.97 Å². The van der Waals surface area contributed by atoms with Crippen molar-refractivity contribution in [2.45, 2.75) is 6.61 Å². The summed E-state index contributed by atoms with van der Waals surface area (Å²) in [6.45, 7) is 0.540. The first-order valence-electron chi connectivity index (χ1n) is 5.52. The second-order valence-electron chi connectivity index (χ2n) is 3.86. The Balaban J connectivity index is 1.76. The van der Waals surface area contributed by atoms with Crippen LogP contribution in [0.3, 0.4) is 0 Å². The first-order chi connectivity index (χ1) is 8.42. The normalized spacial score (nSPS) is 10.6. The molecule has 3 rings (SSSR count). The monoisotopic (exact) mass is 224 g/mol. The van der Waals surface area contributed by atoms with Gasteiger partial charge in [0.2, 0.25) is 5.88 Å². The highest BCUT2D eigenvalue weighted by Crippen LogP contribution is 2.15. The Labute approximate surface area is 99.1 Å². The molecule has 3 aromatic rings. The Morgan fingerprint density at radius 1 is 1.12 bits per heavy atom. The minimum atomic E-state index is 0.540. The average Bonchev–Trinajstić information content (AvgIpc) is 2.85. The third kappa shape index (κ3) is 2.13. The Hall–Kier alpha value is -2.29. The van der Waals surface area contributed by atoms with E-state index in [0.717, 1.165) is 11.1 Å². The van der Waals surface area contributed by atoms with E-state index in [2.05, 4.69) is 34.2 Å². The summed E-state index contributed by atoms with van der Waals surface area (Å²) in [7, 11) is 0. The summed E-state index contributed by atoms with van der Waals surface area (Å²) >= 11 is 0. The van der Waals surface area contributed by atoms with Gasteiger partial charge in [0.05, 0.1) is 0 Å². The molecular weight excluding hydrogens is 212 g/mol. The second kappa shape index (κ2) is 4.29. The van der Waals surface area contributed by atoms with Gasteiger partial charge >= 0.3 is 0 Å². The molecule has 2 heterocycles. The molecule has 0 unspecified atom stereocenters. The number of benzene rings is 1. The summed E-state index contributed by atoms with van der Waals surface area (Å²) < 4.78 is 5.60. The van der Waals surface area contributed by atoms with Gasteiger partial charge in [0.15, 0.2) is 0 Å². The van der Waals surface area contributed by atoms with E-state index in [-0.39, 0.29) is 0 Å². The van der Waals surface area contributed by atoms with Crippen LogP contribution < -0.4 is 4.74 Å². The van der Waals surface area contributed by atoms with E-state index in [1.807, 2.05) is 24.4 Å². The maximum atomic E-state index is 5.60. The van der Waals surface area contributed by atoms with E-state index < -0.39 is 0 Å². The topological polar surface area (TPSA) is 37.9 Å². The highest BCUT2D eigenvalue weighted by molar-refractivity contribution is 5.79. The fraction of sp³-hybridized carbons (Fsp3) is 0.0714. The molecule has 0 fully saturated rings. The molecule has 17 heavy (non-hydrogen) atoms. The molecule has 3 nitrogen and oxygen atoms in total. The molecule has 0 aliphatic rings. The molecule has 1 aromatic carbocycles. The van der Waals surface area contributed by atoms with Crippen LogP contribution in [0, 0.1) is 0 Å². The number of pyridine rings is 1. The number of nitrogens with one attached hydrogen (secondary N) is 1. The molecule has 0 aliphatic heterocycles. The van der Waals surface area contributed by atoms with E-state index in [0.29, 0.717) is 12.5 Å². The van der Waals surface area contributed by atoms with E-state index >= 15 is 0 Å². The van der Waals surface area contributed by atoms with Crippen molar-refractivity contribution in [3.63, 3.8) is 0 Å². The van der Waals surface area contributed by atoms with E-state index in [4.69, 9.17) is 4.74 Å². The van der Waals surface area contributed by atoms with E-state index in [1.54, 1.807) is 6.20 Å². The number of aromatic nitrogens is 2. The van der Waals surface area contributed by atoms with Crippen molar-refractivity contribution in [1.82, 2.24) is 9.97 Å². The zero-order valence-electron chi connectivity index (χ0n) is 9.26. The van der Waals surface area contributed by atoms with Gasteiger partial charge in [-0.05, 0) is 35.2 Å². The summed E-state index contributed by atoms with van der Waals surface area (Å²) in [6, 6.07) is 13.9. The summed E-state index contributed by atoms with van der Waals surface area (Å²) in [5, 5.41) is 1.20. The van der Waals surface area contributed by atoms with Crippen molar-refractivity contribution < 1.29 is 4.74 Å². The number of ether oxygens (including phenoxy) is 1. The van der Waals surface area contributed by atoms with Gasteiger partial charge in [-0.3, -0.25) is 0 Å². The van der Waals surface area contributed by atoms with Crippen molar-refractivity contribution in [3.8, 4) is 5.88 Å². The van der Waals surface area contributed by atoms with Gasteiger partial charge in [0, 0.05) is 24.0 Å². The van der Waals surface area contributed by atoms with Gasteiger partial charge in [-0.1, -0.05) is 12.1 Å². The standard InChI is InChI=1S/C14H12N2O/c1-2-7-16-14(3-1)17-10-11-4-5-13-12(9-11)6-8-15-13/h1-9,15H,10H2. The highest BCUT2D eigenvalue weighted by Gasteiger charge is 1.99. The molecule has 0 bridgehead atoms. The van der Waals surface area contributed by atoms with Crippen LogP contribution in [0.1, 0.15) is 5.56 Å². The third-order valence-electron chi connectivity index (χ3n) is 2.64. The first-order valence-corrected chi connectivity index (χ1v) is 5.52. The lowest BCUT2D eigenvalue weighted by Crippen LogP contribution is -1.96. The molecule has 2 aromatic heterocycles. The molecular formula is C14H12N2O. The second-order valence-corrected chi connectivity index (χ2v) is 3.86. The molecule has 0 atom stereocenters. The average molecular weight is 224 g/mol. The lowest BCUT2D eigenvalue weighted by atomic mass is 10.2. The Morgan fingerprint density at radius 2 is 2.12 bits per heavy atom. The molecule has 0 amide bonds. The Kier molecular flexibility index (Phi) is 2.50. The minimum Gasteiger partial charge on any atom is -0.473 e. The SMILES string of the molecule is c1ccc(OCc2ccc3[nH]ccc3c2)nc1. The summed E-state index contributed by atoms with van der Waals surface area (Å²) in [5.74, 6) is 0.654. The quantitative estimate of drug-likeness (QED) is 0.742. The smallest absolute Gasteiger partial charge is 0.213 e. The molecule has 0 radical (unpaired) electrons. The predicted molar refractivity (Wildman–Crippen MR) is 66.9 cm³/mol. The lowest BCUT2D eigenvalue weighted by molar-refractivity contribution is 0.294. The first kappa shape index (κ1) is 9.90.